The fraction of sp³-hybridized carbons (Fsp3) is 0.0455. The molecule has 24 heavy (non-hydrogen) atoms. The van der Waals surface area contributed by atoms with Crippen molar-refractivity contribution >= 4 is 17.2 Å². The zero-order valence-electron chi connectivity index (χ0n) is 13.6. The lowest BCUT2D eigenvalue weighted by Crippen LogP contribution is -2.03. The van der Waals surface area contributed by atoms with Gasteiger partial charge in [-0.1, -0.05) is 78.4 Å². The number of ketones is 1. The minimum Gasteiger partial charge on any atom is -0.355 e. The van der Waals surface area contributed by atoms with Crippen molar-refractivity contribution in [2.45, 2.75) is 6.92 Å². The van der Waals surface area contributed by atoms with E-state index in [-0.39, 0.29) is 5.78 Å². The van der Waals surface area contributed by atoms with Gasteiger partial charge in [0.1, 0.15) is 0 Å². The fourth-order valence-corrected chi connectivity index (χ4v) is 2.42. The quantitative estimate of drug-likeness (QED) is 0.509. The number of hydrogen-bond acceptors (Lipinski definition) is 2. The molecule has 3 aromatic carbocycles. The summed E-state index contributed by atoms with van der Waals surface area (Å²) in [5, 5.41) is 3.35. The second-order valence-electron chi connectivity index (χ2n) is 5.65. The maximum absolute atomic E-state index is 12.6. The molecule has 0 saturated heterocycles. The van der Waals surface area contributed by atoms with E-state index in [2.05, 4.69) is 5.32 Å². The van der Waals surface area contributed by atoms with Crippen molar-refractivity contribution < 1.29 is 4.79 Å². The molecule has 0 amide bonds. The molecule has 3 rings (SSSR count). The van der Waals surface area contributed by atoms with Crippen molar-refractivity contribution in [3.05, 3.63) is 108 Å². The summed E-state index contributed by atoms with van der Waals surface area (Å²) < 4.78 is 0. The molecule has 2 nitrogen and oxygen atoms in total. The first-order chi connectivity index (χ1) is 11.7. The van der Waals surface area contributed by atoms with E-state index in [1.54, 1.807) is 6.08 Å². The van der Waals surface area contributed by atoms with Crippen LogP contribution in [0.1, 0.15) is 21.5 Å². The van der Waals surface area contributed by atoms with Gasteiger partial charge in [-0.15, -0.1) is 0 Å². The minimum absolute atomic E-state index is 0.0164. The molecule has 0 saturated carbocycles. The van der Waals surface area contributed by atoms with Crippen LogP contribution in [0.5, 0.6) is 0 Å². The van der Waals surface area contributed by atoms with E-state index in [1.165, 1.54) is 0 Å². The predicted octanol–water partition coefficient (Wildman–Crippen LogP) is 5.33. The van der Waals surface area contributed by atoms with Crippen LogP contribution in [-0.2, 0) is 0 Å². The monoisotopic (exact) mass is 313 g/mol. The number of carbonyl (C=O) groups excluding carboxylic acids is 1. The molecule has 0 heterocycles. The van der Waals surface area contributed by atoms with E-state index in [4.69, 9.17) is 0 Å². The summed E-state index contributed by atoms with van der Waals surface area (Å²) in [7, 11) is 0. The average Bonchev–Trinajstić information content (AvgIpc) is 2.63. The summed E-state index contributed by atoms with van der Waals surface area (Å²) in [6, 6.07) is 27.4. The summed E-state index contributed by atoms with van der Waals surface area (Å²) in [6.45, 7) is 2.01. The summed E-state index contributed by atoms with van der Waals surface area (Å²) in [5.41, 5.74) is 4.53. The average molecular weight is 313 g/mol. The normalized spacial score (nSPS) is 11.1. The van der Waals surface area contributed by atoms with Crippen LogP contribution in [0, 0.1) is 6.92 Å². The zero-order valence-corrected chi connectivity index (χ0v) is 13.6. The Morgan fingerprint density at radius 1 is 0.750 bits per heavy atom. The molecule has 1 N–H and O–H groups in total. The lowest BCUT2D eigenvalue weighted by atomic mass is 10.1. The number of rotatable bonds is 5. The van der Waals surface area contributed by atoms with Gasteiger partial charge in [-0.3, -0.25) is 4.79 Å². The van der Waals surface area contributed by atoms with Gasteiger partial charge in [0, 0.05) is 23.0 Å². The molecule has 0 bridgehead atoms. The number of allylic oxidation sites excluding steroid dienone is 1. The van der Waals surface area contributed by atoms with Gasteiger partial charge in [0.2, 0.25) is 0 Å². The molecule has 0 aromatic heterocycles. The Hall–Kier alpha value is -3.13. The highest BCUT2D eigenvalue weighted by Gasteiger charge is 2.07. The number of carbonyl (C=O) groups is 1. The molecule has 0 unspecified atom stereocenters. The first-order valence-electron chi connectivity index (χ1n) is 7.92. The summed E-state index contributed by atoms with van der Waals surface area (Å²) in [5.74, 6) is -0.0164. The first kappa shape index (κ1) is 15.8. The second kappa shape index (κ2) is 7.42. The largest absolute Gasteiger partial charge is 0.355 e. The Kier molecular flexibility index (Phi) is 4.87. The third kappa shape index (κ3) is 3.99. The predicted molar refractivity (Wildman–Crippen MR) is 100.0 cm³/mol. The van der Waals surface area contributed by atoms with Gasteiger partial charge in [-0.25, -0.2) is 0 Å². The van der Waals surface area contributed by atoms with E-state index < -0.39 is 0 Å². The fourth-order valence-electron chi connectivity index (χ4n) is 2.42. The van der Waals surface area contributed by atoms with Crippen molar-refractivity contribution in [2.75, 3.05) is 5.32 Å². The lowest BCUT2D eigenvalue weighted by molar-refractivity contribution is 0.104. The standard InChI is InChI=1S/C22H19NO/c1-17-12-14-19(15-13-17)22(24)16-21(18-8-4-2-5-9-18)23-20-10-6-3-7-11-20/h2-16,23H,1H3. The minimum atomic E-state index is -0.0164. The lowest BCUT2D eigenvalue weighted by Gasteiger charge is -2.11. The Balaban J connectivity index is 1.94. The van der Waals surface area contributed by atoms with Crippen molar-refractivity contribution in [2.24, 2.45) is 0 Å². The van der Waals surface area contributed by atoms with Gasteiger partial charge in [-0.05, 0) is 24.6 Å². The highest BCUT2D eigenvalue weighted by molar-refractivity contribution is 6.09. The molecule has 2 heteroatoms. The summed E-state index contributed by atoms with van der Waals surface area (Å²) in [6.07, 6.45) is 1.66. The van der Waals surface area contributed by atoms with Gasteiger partial charge in [0.05, 0.1) is 0 Å². The Labute approximate surface area is 142 Å². The van der Waals surface area contributed by atoms with Crippen LogP contribution in [0.15, 0.2) is 91.0 Å². The maximum Gasteiger partial charge on any atom is 0.187 e. The molecule has 0 aliphatic rings. The Morgan fingerprint density at radius 2 is 1.33 bits per heavy atom. The Bertz CT molecular complexity index is 834. The molecular weight excluding hydrogens is 294 g/mol. The van der Waals surface area contributed by atoms with Crippen molar-refractivity contribution in [1.29, 1.82) is 0 Å². The van der Waals surface area contributed by atoms with Crippen LogP contribution in [0.3, 0.4) is 0 Å². The van der Waals surface area contributed by atoms with Crippen LogP contribution in [0.25, 0.3) is 5.70 Å². The van der Waals surface area contributed by atoms with Gasteiger partial charge >= 0.3 is 0 Å². The number of anilines is 1. The zero-order chi connectivity index (χ0) is 16.8. The molecule has 118 valence electrons. The number of nitrogens with one attached hydrogen (secondary N) is 1. The highest BCUT2D eigenvalue weighted by Crippen LogP contribution is 2.19. The van der Waals surface area contributed by atoms with Gasteiger partial charge in [0.25, 0.3) is 0 Å². The second-order valence-corrected chi connectivity index (χ2v) is 5.65. The van der Waals surface area contributed by atoms with Crippen LogP contribution in [0.2, 0.25) is 0 Å². The third-order valence-corrected chi connectivity index (χ3v) is 3.75. The van der Waals surface area contributed by atoms with E-state index in [9.17, 15) is 4.79 Å². The Morgan fingerprint density at radius 3 is 1.96 bits per heavy atom. The third-order valence-electron chi connectivity index (χ3n) is 3.75. The van der Waals surface area contributed by atoms with Crippen molar-refractivity contribution in [3.8, 4) is 0 Å². The molecule has 0 fully saturated rings. The van der Waals surface area contributed by atoms with Crippen LogP contribution in [-0.4, -0.2) is 5.78 Å². The van der Waals surface area contributed by atoms with Gasteiger partial charge in [0.15, 0.2) is 5.78 Å². The van der Waals surface area contributed by atoms with E-state index in [1.807, 2.05) is 91.9 Å². The van der Waals surface area contributed by atoms with Crippen molar-refractivity contribution in [3.63, 3.8) is 0 Å². The van der Waals surface area contributed by atoms with Crippen molar-refractivity contribution in [1.82, 2.24) is 0 Å². The molecule has 0 spiro atoms. The van der Waals surface area contributed by atoms with Crippen LogP contribution >= 0.6 is 0 Å². The maximum atomic E-state index is 12.6. The number of benzene rings is 3. The first-order valence-corrected chi connectivity index (χ1v) is 7.92. The van der Waals surface area contributed by atoms with E-state index in [0.717, 1.165) is 22.5 Å². The van der Waals surface area contributed by atoms with Crippen LogP contribution in [0.4, 0.5) is 5.69 Å². The number of hydrogen-bond donors (Lipinski definition) is 1. The SMILES string of the molecule is Cc1ccc(C(=O)C=C(Nc2ccccc2)c2ccccc2)cc1. The molecule has 0 atom stereocenters. The molecule has 0 radical (unpaired) electrons. The molecular formula is C22H19NO. The van der Waals surface area contributed by atoms with Gasteiger partial charge < -0.3 is 5.32 Å². The number of aryl methyl sites for hydroxylation is 1. The molecule has 0 aliphatic carbocycles. The summed E-state index contributed by atoms with van der Waals surface area (Å²) in [4.78, 5) is 12.6. The molecule has 3 aromatic rings. The summed E-state index contributed by atoms with van der Waals surface area (Å²) >= 11 is 0. The topological polar surface area (TPSA) is 29.1 Å². The smallest absolute Gasteiger partial charge is 0.187 e. The van der Waals surface area contributed by atoms with Crippen LogP contribution < -0.4 is 5.32 Å². The highest BCUT2D eigenvalue weighted by atomic mass is 16.1. The van der Waals surface area contributed by atoms with E-state index >= 15 is 0 Å². The van der Waals surface area contributed by atoms with Gasteiger partial charge in [-0.2, -0.15) is 0 Å². The number of para-hydroxylation sites is 1. The molecule has 0 aliphatic heterocycles. The van der Waals surface area contributed by atoms with E-state index in [0.29, 0.717) is 5.56 Å².